The lowest BCUT2D eigenvalue weighted by molar-refractivity contribution is -0.137. The summed E-state index contributed by atoms with van der Waals surface area (Å²) in [6, 6.07) is 8.33. The van der Waals surface area contributed by atoms with Crippen LogP contribution in [-0.2, 0) is 10.2 Å². The largest absolute Gasteiger partial charge is 0.481 e. The highest BCUT2D eigenvalue weighted by molar-refractivity contribution is 7.99. The normalized spacial score (nSPS) is 17.6. The van der Waals surface area contributed by atoms with Gasteiger partial charge in [-0.1, -0.05) is 32.9 Å². The first-order valence-corrected chi connectivity index (χ1v) is 9.91. The molecular weight excluding hydrogens is 336 g/mol. The standard InChI is InChI=1S/C19H28N2O3S/c1-19(2,3)14-7-9-15(10-8-14)21-16(12-20-18(21)24)13-25-11-5-4-6-17(22)23/h7-10,16H,4-6,11-13H2,1-3H3,(H,20,24)(H,22,23)/t16-/m1/s1. The van der Waals surface area contributed by atoms with Crippen LogP contribution in [0.4, 0.5) is 10.5 Å². The van der Waals surface area contributed by atoms with Crippen LogP contribution in [0.3, 0.4) is 0 Å². The average molecular weight is 365 g/mol. The van der Waals surface area contributed by atoms with Gasteiger partial charge in [-0.05, 0) is 41.7 Å². The predicted octanol–water partition coefficient (Wildman–Crippen LogP) is 3.87. The van der Waals surface area contributed by atoms with Crippen molar-refractivity contribution in [1.29, 1.82) is 0 Å². The third kappa shape index (κ3) is 5.66. The third-order valence-electron chi connectivity index (χ3n) is 4.32. The molecule has 0 aliphatic carbocycles. The van der Waals surface area contributed by atoms with Gasteiger partial charge in [-0.2, -0.15) is 11.8 Å². The van der Waals surface area contributed by atoms with E-state index in [1.807, 2.05) is 17.0 Å². The van der Waals surface area contributed by atoms with Gasteiger partial charge in [0.05, 0.1) is 6.04 Å². The number of nitrogens with zero attached hydrogens (tertiary/aromatic N) is 1. The van der Waals surface area contributed by atoms with Gasteiger partial charge < -0.3 is 10.4 Å². The Morgan fingerprint density at radius 1 is 1.28 bits per heavy atom. The fourth-order valence-electron chi connectivity index (χ4n) is 2.83. The maximum atomic E-state index is 12.2. The van der Waals surface area contributed by atoms with E-state index in [9.17, 15) is 9.59 Å². The van der Waals surface area contributed by atoms with Crippen molar-refractivity contribution >= 4 is 29.4 Å². The van der Waals surface area contributed by atoms with E-state index in [1.165, 1.54) is 5.56 Å². The van der Waals surface area contributed by atoms with E-state index in [-0.39, 0.29) is 23.9 Å². The Kier molecular flexibility index (Phi) is 6.76. The maximum absolute atomic E-state index is 12.2. The maximum Gasteiger partial charge on any atom is 0.322 e. The van der Waals surface area contributed by atoms with Crippen molar-refractivity contribution in [2.45, 2.75) is 51.5 Å². The van der Waals surface area contributed by atoms with Crippen LogP contribution in [0.25, 0.3) is 0 Å². The van der Waals surface area contributed by atoms with E-state index in [0.29, 0.717) is 13.0 Å². The summed E-state index contributed by atoms with van der Waals surface area (Å²) in [6.45, 7) is 7.18. The van der Waals surface area contributed by atoms with Gasteiger partial charge >= 0.3 is 12.0 Å². The molecule has 6 heteroatoms. The molecule has 138 valence electrons. The molecule has 1 aliphatic heterocycles. The highest BCUT2D eigenvalue weighted by Crippen LogP contribution is 2.27. The van der Waals surface area contributed by atoms with Crippen LogP contribution in [0.15, 0.2) is 24.3 Å². The van der Waals surface area contributed by atoms with Crippen LogP contribution in [0.1, 0.15) is 45.6 Å². The molecule has 2 amide bonds. The molecule has 0 spiro atoms. The highest BCUT2D eigenvalue weighted by atomic mass is 32.2. The monoisotopic (exact) mass is 364 g/mol. The molecule has 1 atom stereocenters. The molecule has 2 rings (SSSR count). The third-order valence-corrected chi connectivity index (χ3v) is 5.52. The first-order chi connectivity index (χ1) is 11.8. The summed E-state index contributed by atoms with van der Waals surface area (Å²) in [7, 11) is 0. The van der Waals surface area contributed by atoms with E-state index in [2.05, 4.69) is 38.2 Å². The van der Waals surface area contributed by atoms with E-state index in [4.69, 9.17) is 5.11 Å². The fourth-order valence-corrected chi connectivity index (χ4v) is 3.94. The van der Waals surface area contributed by atoms with Crippen molar-refractivity contribution in [2.75, 3.05) is 23.0 Å². The number of amides is 2. The molecule has 25 heavy (non-hydrogen) atoms. The molecule has 1 saturated heterocycles. The molecule has 1 aromatic rings. The number of hydrogen-bond acceptors (Lipinski definition) is 3. The number of carboxylic acid groups (broad SMARTS) is 1. The van der Waals surface area contributed by atoms with Gasteiger partial charge in [-0.15, -0.1) is 0 Å². The smallest absolute Gasteiger partial charge is 0.322 e. The number of anilines is 1. The number of aliphatic carboxylic acids is 1. The van der Waals surface area contributed by atoms with Crippen LogP contribution in [-0.4, -0.2) is 41.2 Å². The summed E-state index contributed by atoms with van der Waals surface area (Å²) in [5.41, 5.74) is 2.27. The van der Waals surface area contributed by atoms with Gasteiger partial charge in [-0.3, -0.25) is 9.69 Å². The zero-order valence-electron chi connectivity index (χ0n) is 15.2. The molecule has 0 aromatic heterocycles. The van der Waals surface area contributed by atoms with Gasteiger partial charge in [0.1, 0.15) is 0 Å². The lowest BCUT2D eigenvalue weighted by atomic mass is 9.87. The molecule has 0 unspecified atom stereocenters. The van der Waals surface area contributed by atoms with Gasteiger partial charge in [0.15, 0.2) is 0 Å². The van der Waals surface area contributed by atoms with E-state index >= 15 is 0 Å². The number of rotatable bonds is 8. The van der Waals surface area contributed by atoms with E-state index < -0.39 is 5.97 Å². The van der Waals surface area contributed by atoms with E-state index in [0.717, 1.165) is 23.6 Å². The topological polar surface area (TPSA) is 69.6 Å². The summed E-state index contributed by atoms with van der Waals surface area (Å²) < 4.78 is 0. The molecule has 0 saturated carbocycles. The molecule has 2 N–H and O–H groups in total. The number of urea groups is 1. The highest BCUT2D eigenvalue weighted by Gasteiger charge is 2.31. The van der Waals surface area contributed by atoms with Crippen molar-refractivity contribution in [2.24, 2.45) is 0 Å². The summed E-state index contributed by atoms with van der Waals surface area (Å²) in [5, 5.41) is 11.6. The molecule has 1 aromatic carbocycles. The second kappa shape index (κ2) is 8.61. The number of carbonyl (C=O) groups excluding carboxylic acids is 1. The Morgan fingerprint density at radius 3 is 2.56 bits per heavy atom. The van der Waals surface area contributed by atoms with Crippen molar-refractivity contribution in [1.82, 2.24) is 5.32 Å². The fraction of sp³-hybridized carbons (Fsp3) is 0.579. The Labute approximate surface area is 154 Å². The minimum absolute atomic E-state index is 0.0417. The predicted molar refractivity (Wildman–Crippen MR) is 104 cm³/mol. The van der Waals surface area contributed by atoms with Gasteiger partial charge in [0, 0.05) is 24.4 Å². The Morgan fingerprint density at radius 2 is 1.96 bits per heavy atom. The molecule has 0 bridgehead atoms. The lowest BCUT2D eigenvalue weighted by Crippen LogP contribution is -2.35. The van der Waals surface area contributed by atoms with Crippen molar-refractivity contribution in [3.8, 4) is 0 Å². The van der Waals surface area contributed by atoms with Crippen LogP contribution in [0.5, 0.6) is 0 Å². The number of carbonyl (C=O) groups is 2. The molecule has 1 heterocycles. The van der Waals surface area contributed by atoms with Gasteiger partial charge in [0.25, 0.3) is 0 Å². The zero-order valence-corrected chi connectivity index (χ0v) is 16.1. The lowest BCUT2D eigenvalue weighted by Gasteiger charge is -2.25. The molecule has 1 aliphatic rings. The Balaban J connectivity index is 1.89. The van der Waals surface area contributed by atoms with Crippen LogP contribution in [0, 0.1) is 0 Å². The van der Waals surface area contributed by atoms with Crippen LogP contribution < -0.4 is 10.2 Å². The summed E-state index contributed by atoms with van der Waals surface area (Å²) >= 11 is 1.78. The summed E-state index contributed by atoms with van der Waals surface area (Å²) in [4.78, 5) is 24.6. The molecule has 0 radical (unpaired) electrons. The SMILES string of the molecule is CC(C)(C)c1ccc(N2C(=O)NC[C@@H]2CSCCCCC(=O)O)cc1. The van der Waals surface area contributed by atoms with E-state index in [1.54, 1.807) is 11.8 Å². The summed E-state index contributed by atoms with van der Waals surface area (Å²) in [5.74, 6) is 1.04. The molecular formula is C19H28N2O3S. The minimum Gasteiger partial charge on any atom is -0.481 e. The van der Waals surface area contributed by atoms with Crippen molar-refractivity contribution < 1.29 is 14.7 Å². The number of nitrogens with one attached hydrogen (secondary N) is 1. The van der Waals surface area contributed by atoms with Gasteiger partial charge in [0.2, 0.25) is 0 Å². The number of hydrogen-bond donors (Lipinski definition) is 2. The van der Waals surface area contributed by atoms with Crippen molar-refractivity contribution in [3.05, 3.63) is 29.8 Å². The molecule has 1 fully saturated rings. The zero-order chi connectivity index (χ0) is 18.4. The first-order valence-electron chi connectivity index (χ1n) is 8.76. The Bertz CT molecular complexity index is 596. The molecule has 5 nitrogen and oxygen atoms in total. The van der Waals surface area contributed by atoms with Gasteiger partial charge in [-0.25, -0.2) is 4.79 Å². The number of carboxylic acids is 1. The van der Waals surface area contributed by atoms with Crippen LogP contribution >= 0.6 is 11.8 Å². The van der Waals surface area contributed by atoms with Crippen molar-refractivity contribution in [3.63, 3.8) is 0 Å². The Hall–Kier alpha value is -1.69. The number of benzene rings is 1. The second-order valence-corrected chi connectivity index (χ2v) is 8.58. The number of thioether (sulfide) groups is 1. The quantitative estimate of drug-likeness (QED) is 0.687. The second-order valence-electron chi connectivity index (χ2n) is 7.43. The first kappa shape index (κ1) is 19.6. The minimum atomic E-state index is -0.736. The number of unbranched alkanes of at least 4 members (excludes halogenated alkanes) is 1. The summed E-state index contributed by atoms with van der Waals surface area (Å²) in [6.07, 6.45) is 1.84. The average Bonchev–Trinajstić information content (AvgIpc) is 2.90. The van der Waals surface area contributed by atoms with Crippen LogP contribution in [0.2, 0.25) is 0 Å².